The van der Waals surface area contributed by atoms with Crippen LogP contribution in [-0.2, 0) is 24.9 Å². The predicted octanol–water partition coefficient (Wildman–Crippen LogP) is 14.6. The van der Waals surface area contributed by atoms with E-state index in [2.05, 4.69) is 110 Å². The van der Waals surface area contributed by atoms with Gasteiger partial charge in [-0.25, -0.2) is 0 Å². The largest absolute Gasteiger partial charge is 0.512 e. The summed E-state index contributed by atoms with van der Waals surface area (Å²) in [7, 11) is 0. The Morgan fingerprint density at radius 2 is 1.34 bits per heavy atom. The number of hydrogen-bond acceptors (Lipinski definition) is 4. The molecule has 59 heavy (non-hydrogen) atoms. The van der Waals surface area contributed by atoms with Gasteiger partial charge in [-0.15, -0.1) is 70.8 Å². The van der Waals surface area contributed by atoms with Crippen LogP contribution in [0.25, 0.3) is 55.2 Å². The van der Waals surface area contributed by atoms with Crippen LogP contribution in [0.3, 0.4) is 0 Å². The number of carbonyl (C=O) groups excluding carboxylic acids is 1. The minimum absolute atomic E-state index is 0. The Morgan fingerprint density at radius 1 is 0.661 bits per heavy atom. The third kappa shape index (κ3) is 11.5. The van der Waals surface area contributed by atoms with Gasteiger partial charge in [0.15, 0.2) is 5.78 Å². The molecular weight excluding hydrogens is 901 g/mol. The molecule has 0 unspecified atom stereocenters. The van der Waals surface area contributed by atoms with Crippen molar-refractivity contribution >= 4 is 27.3 Å². The van der Waals surface area contributed by atoms with Crippen molar-refractivity contribution in [1.29, 1.82) is 0 Å². The molecule has 0 bridgehead atoms. The van der Waals surface area contributed by atoms with E-state index in [4.69, 9.17) is 0 Å². The fraction of sp³-hybridized carbons (Fsp3) is 0.278. The molecule has 0 aliphatic heterocycles. The van der Waals surface area contributed by atoms with Crippen molar-refractivity contribution in [3.63, 3.8) is 0 Å². The summed E-state index contributed by atoms with van der Waals surface area (Å²) in [6.07, 6.45) is 8.57. The summed E-state index contributed by atoms with van der Waals surface area (Å²) in [5.74, 6) is 0.286. The third-order valence-electron chi connectivity index (χ3n) is 11.8. The van der Waals surface area contributed by atoms with Gasteiger partial charge in [0, 0.05) is 49.4 Å². The number of hydrogen-bond donors (Lipinski definition) is 1. The number of benzene rings is 5. The molecule has 0 spiro atoms. The minimum atomic E-state index is -0.337. The van der Waals surface area contributed by atoms with Crippen LogP contribution in [0.2, 0.25) is 0 Å². The maximum absolute atomic E-state index is 12.2. The molecule has 7 aromatic rings. The summed E-state index contributed by atoms with van der Waals surface area (Å²) < 4.78 is 0. The monoisotopic (exact) mass is 959 g/mol. The summed E-state index contributed by atoms with van der Waals surface area (Å²) in [6.45, 7) is 18.4. The number of ketones is 1. The molecule has 0 saturated heterocycles. The first-order valence-corrected chi connectivity index (χ1v) is 20.6. The van der Waals surface area contributed by atoms with Gasteiger partial charge in [0.2, 0.25) is 0 Å². The van der Waals surface area contributed by atoms with Crippen molar-refractivity contribution in [1.82, 2.24) is 9.97 Å². The van der Waals surface area contributed by atoms with Crippen molar-refractivity contribution < 1.29 is 30.0 Å². The molecule has 5 heteroatoms. The second kappa shape index (κ2) is 21.2. The van der Waals surface area contributed by atoms with E-state index in [1.807, 2.05) is 102 Å². The molecule has 1 N–H and O–H groups in total. The van der Waals surface area contributed by atoms with Crippen LogP contribution in [0.4, 0.5) is 0 Å². The fourth-order valence-corrected chi connectivity index (χ4v) is 6.94. The van der Waals surface area contributed by atoms with Crippen LogP contribution >= 0.6 is 0 Å². The van der Waals surface area contributed by atoms with Gasteiger partial charge in [-0.05, 0) is 82.7 Å². The van der Waals surface area contributed by atoms with E-state index in [0.717, 1.165) is 59.3 Å². The van der Waals surface area contributed by atoms with Gasteiger partial charge in [-0.3, -0.25) is 4.79 Å². The van der Waals surface area contributed by atoms with E-state index in [1.165, 1.54) is 44.3 Å². The average molecular weight is 959 g/mol. The molecule has 5 aromatic carbocycles. The number of aliphatic hydroxyl groups is 1. The van der Waals surface area contributed by atoms with Gasteiger partial charge in [-0.1, -0.05) is 134 Å². The van der Waals surface area contributed by atoms with E-state index in [-0.39, 0.29) is 42.5 Å². The zero-order valence-corrected chi connectivity index (χ0v) is 38.5. The number of nitrogens with zero attached hydrogens (tertiary/aromatic N) is 2. The van der Waals surface area contributed by atoms with Crippen LogP contribution < -0.4 is 0 Å². The molecule has 0 atom stereocenters. The predicted molar refractivity (Wildman–Crippen MR) is 245 cm³/mol. The number of carbonyl (C=O) groups is 1. The Balaban J connectivity index is 0.000000197. The van der Waals surface area contributed by atoms with Gasteiger partial charge in [0.1, 0.15) is 5.76 Å². The van der Waals surface area contributed by atoms with Gasteiger partial charge >= 0.3 is 0 Å². The van der Waals surface area contributed by atoms with Gasteiger partial charge in [0.05, 0.1) is 0 Å². The minimum Gasteiger partial charge on any atom is -0.512 e. The summed E-state index contributed by atoms with van der Waals surface area (Å²) in [5.41, 5.74) is 9.46. The standard InChI is InChI=1S/C22H18N.C17H12N.C15H28O2.Ir/c1-14-4-6-19-17(11-14)5-7-21-20(19)8-9-23-22(21)18-12-15(2)10-16(3)13-18;1-3-7-14(8-4-1)16-11-12-17(18-13-16)15-9-5-2-6-10-15;1-7-14(5,8-2)12(16)11-13(17)15(6,9-3)10-4;/h4-12H,1-3H3;1-9,11-13H;11,16H,7-10H2,1-6H3;/q2*-1;;. The molecule has 0 aliphatic carbocycles. The van der Waals surface area contributed by atoms with E-state index in [1.54, 1.807) is 0 Å². The van der Waals surface area contributed by atoms with Gasteiger partial charge in [-0.2, -0.15) is 0 Å². The number of aryl methyl sites for hydroxylation is 3. The van der Waals surface area contributed by atoms with Crippen LogP contribution in [0.5, 0.6) is 0 Å². The quantitative estimate of drug-likeness (QED) is 0.0642. The van der Waals surface area contributed by atoms with E-state index < -0.39 is 0 Å². The number of aromatic nitrogens is 2. The maximum Gasteiger partial charge on any atom is 0.164 e. The average Bonchev–Trinajstić information content (AvgIpc) is 3.26. The van der Waals surface area contributed by atoms with Gasteiger partial charge < -0.3 is 15.1 Å². The number of aliphatic hydroxyl groups excluding tert-OH is 1. The SMILES string of the molecule is CCC(C)(CC)C(=O)C=C(O)C(C)(CC)CC.Cc1[c-]c(-c2nccc3c2ccc2cc(C)ccc23)cc(C)c1.[Ir].[c-]1ccccc1-c1ccc(-c2ccccc2)cn1. The Kier molecular flexibility index (Phi) is 16.7. The molecule has 7 rings (SSSR count). The molecule has 307 valence electrons. The fourth-order valence-electron chi connectivity index (χ4n) is 6.94. The van der Waals surface area contributed by atoms with Crippen molar-refractivity contribution in [2.45, 2.75) is 88.0 Å². The normalized spacial score (nSPS) is 11.5. The molecule has 0 saturated carbocycles. The van der Waals surface area contributed by atoms with Crippen LogP contribution in [-0.4, -0.2) is 20.9 Å². The molecule has 4 nitrogen and oxygen atoms in total. The summed E-state index contributed by atoms with van der Waals surface area (Å²) in [5, 5.41) is 15.1. The first kappa shape index (κ1) is 46.5. The van der Waals surface area contributed by atoms with Crippen molar-refractivity contribution in [3.05, 3.63) is 168 Å². The number of allylic oxidation sites excluding steroid dienone is 2. The molecule has 0 amide bonds. The summed E-state index contributed by atoms with van der Waals surface area (Å²) in [6, 6.07) is 46.3. The molecule has 2 heterocycles. The zero-order chi connectivity index (χ0) is 41.9. The number of fused-ring (bicyclic) bond motifs is 3. The summed E-state index contributed by atoms with van der Waals surface area (Å²) >= 11 is 0. The maximum atomic E-state index is 12.2. The first-order chi connectivity index (χ1) is 27.8. The van der Waals surface area contributed by atoms with Crippen LogP contribution in [0.15, 0.2) is 139 Å². The Hall–Kier alpha value is -5.22. The van der Waals surface area contributed by atoms with Crippen LogP contribution in [0.1, 0.15) is 83.9 Å². The van der Waals surface area contributed by atoms with Gasteiger partial charge in [0.25, 0.3) is 0 Å². The van der Waals surface area contributed by atoms with Crippen molar-refractivity contribution in [2.24, 2.45) is 10.8 Å². The van der Waals surface area contributed by atoms with Crippen LogP contribution in [0, 0.1) is 43.7 Å². The molecule has 0 fully saturated rings. The second-order valence-electron chi connectivity index (χ2n) is 15.8. The summed E-state index contributed by atoms with van der Waals surface area (Å²) in [4.78, 5) is 21.3. The molecular formula is C54H58IrN2O2-2. The first-order valence-electron chi connectivity index (χ1n) is 20.6. The third-order valence-corrected chi connectivity index (χ3v) is 11.8. The smallest absolute Gasteiger partial charge is 0.164 e. The van der Waals surface area contributed by atoms with Crippen molar-refractivity contribution in [2.75, 3.05) is 0 Å². The molecule has 1 radical (unpaired) electrons. The van der Waals surface area contributed by atoms with E-state index in [9.17, 15) is 9.90 Å². The second-order valence-corrected chi connectivity index (χ2v) is 15.8. The Labute approximate surface area is 366 Å². The Bertz CT molecular complexity index is 2390. The van der Waals surface area contributed by atoms with E-state index in [0.29, 0.717) is 0 Å². The molecule has 2 aromatic heterocycles. The number of pyridine rings is 2. The number of rotatable bonds is 10. The zero-order valence-electron chi connectivity index (χ0n) is 36.1. The van der Waals surface area contributed by atoms with E-state index >= 15 is 0 Å². The van der Waals surface area contributed by atoms with Crippen molar-refractivity contribution in [3.8, 4) is 33.6 Å². The molecule has 0 aliphatic rings. The Morgan fingerprint density at radius 3 is 1.95 bits per heavy atom. The topological polar surface area (TPSA) is 63.1 Å².